The van der Waals surface area contributed by atoms with Gasteiger partial charge in [0.05, 0.1) is 13.7 Å². The van der Waals surface area contributed by atoms with Gasteiger partial charge in [0.2, 0.25) is 0 Å². The number of anilines is 1. The third-order valence-corrected chi connectivity index (χ3v) is 5.76. The number of carbonyl (C=O) groups excluding carboxylic acids is 3. The Hall–Kier alpha value is -3.73. The molecule has 2 N–H and O–H groups in total. The quantitative estimate of drug-likeness (QED) is 0.583. The molecule has 0 aromatic heterocycles. The average Bonchev–Trinajstić information content (AvgIpc) is 2.90. The lowest BCUT2D eigenvalue weighted by Gasteiger charge is -2.37. The highest BCUT2D eigenvalue weighted by molar-refractivity contribution is 5.96. The molecule has 35 heavy (non-hydrogen) atoms. The Morgan fingerprint density at radius 2 is 1.60 bits per heavy atom. The number of rotatable bonds is 7. The van der Waals surface area contributed by atoms with Crippen LogP contribution in [0.25, 0.3) is 0 Å². The molecule has 2 aromatic rings. The summed E-state index contributed by atoms with van der Waals surface area (Å²) in [6.07, 6.45) is -3.23. The van der Waals surface area contributed by atoms with Crippen molar-refractivity contribution in [3.8, 4) is 5.75 Å². The molecular formula is C24H29F2N5O4. The van der Waals surface area contributed by atoms with E-state index in [4.69, 9.17) is 4.74 Å². The van der Waals surface area contributed by atoms with Crippen LogP contribution in [-0.2, 0) is 11.3 Å². The normalized spacial score (nSPS) is 13.9. The summed E-state index contributed by atoms with van der Waals surface area (Å²) >= 11 is 0. The molecule has 188 valence electrons. The van der Waals surface area contributed by atoms with Crippen molar-refractivity contribution in [2.75, 3.05) is 44.7 Å². The minimum Gasteiger partial charge on any atom is -0.497 e. The van der Waals surface area contributed by atoms with E-state index in [2.05, 4.69) is 11.8 Å². The van der Waals surface area contributed by atoms with Crippen molar-refractivity contribution >= 4 is 23.5 Å². The standard InChI is InChI=1S/C24H29F2N5O4/c1-3-29-12-14-30(15-13-29)24(34)31(19-8-10-20(35-2)11-9-19)16-17-4-6-18(7-5-17)22(32)27-28-23(33)21(25)26/h4-11,21H,3,12-16H2,1-2H3,(H,27,32)(H,28,33). The SMILES string of the molecule is CCN1CCN(C(=O)N(Cc2ccc(C(=O)NNC(=O)C(F)F)cc2)c2ccc(OC)cc2)CC1. The van der Waals surface area contributed by atoms with E-state index in [0.29, 0.717) is 24.5 Å². The number of alkyl halides is 2. The maximum absolute atomic E-state index is 13.5. The highest BCUT2D eigenvalue weighted by Gasteiger charge is 2.26. The predicted molar refractivity (Wildman–Crippen MR) is 126 cm³/mol. The molecule has 1 aliphatic rings. The summed E-state index contributed by atoms with van der Waals surface area (Å²) in [5.74, 6) is -1.65. The molecule has 0 unspecified atom stereocenters. The number of likely N-dealkylation sites (N-methyl/N-ethyl adjacent to an activating group) is 1. The minimum atomic E-state index is -3.23. The summed E-state index contributed by atoms with van der Waals surface area (Å²) < 4.78 is 29.8. The molecule has 1 saturated heterocycles. The van der Waals surface area contributed by atoms with Crippen molar-refractivity contribution in [3.05, 3.63) is 59.7 Å². The number of hydrogen-bond donors (Lipinski definition) is 2. The molecule has 0 bridgehead atoms. The van der Waals surface area contributed by atoms with Crippen LogP contribution in [0.1, 0.15) is 22.8 Å². The molecule has 0 spiro atoms. The molecule has 0 aliphatic carbocycles. The molecule has 2 aromatic carbocycles. The highest BCUT2D eigenvalue weighted by Crippen LogP contribution is 2.23. The molecule has 0 atom stereocenters. The van der Waals surface area contributed by atoms with Crippen LogP contribution in [0, 0.1) is 0 Å². The largest absolute Gasteiger partial charge is 0.497 e. The maximum atomic E-state index is 13.5. The van der Waals surface area contributed by atoms with Gasteiger partial charge in [-0.3, -0.25) is 25.3 Å². The summed E-state index contributed by atoms with van der Waals surface area (Å²) in [4.78, 5) is 42.3. The van der Waals surface area contributed by atoms with E-state index < -0.39 is 18.2 Å². The van der Waals surface area contributed by atoms with E-state index >= 15 is 0 Å². The van der Waals surface area contributed by atoms with E-state index in [1.165, 1.54) is 12.1 Å². The van der Waals surface area contributed by atoms with Crippen LogP contribution in [-0.4, -0.2) is 73.9 Å². The number of hydrogen-bond acceptors (Lipinski definition) is 5. The van der Waals surface area contributed by atoms with Gasteiger partial charge in [0.25, 0.3) is 5.91 Å². The van der Waals surface area contributed by atoms with Gasteiger partial charge < -0.3 is 14.5 Å². The fourth-order valence-corrected chi connectivity index (χ4v) is 3.65. The summed E-state index contributed by atoms with van der Waals surface area (Å²) in [6.45, 7) is 6.16. The maximum Gasteiger partial charge on any atom is 0.324 e. The third-order valence-electron chi connectivity index (χ3n) is 5.76. The molecule has 0 radical (unpaired) electrons. The van der Waals surface area contributed by atoms with Gasteiger partial charge in [0, 0.05) is 37.4 Å². The van der Waals surface area contributed by atoms with Crippen LogP contribution in [0.3, 0.4) is 0 Å². The first kappa shape index (κ1) is 25.9. The monoisotopic (exact) mass is 489 g/mol. The Kier molecular flexibility index (Phi) is 8.96. The van der Waals surface area contributed by atoms with Crippen LogP contribution < -0.4 is 20.5 Å². The fourth-order valence-electron chi connectivity index (χ4n) is 3.65. The second kappa shape index (κ2) is 12.1. The molecule has 9 nitrogen and oxygen atoms in total. The van der Waals surface area contributed by atoms with Gasteiger partial charge >= 0.3 is 18.4 Å². The van der Waals surface area contributed by atoms with Crippen molar-refractivity contribution in [2.24, 2.45) is 0 Å². The number of methoxy groups -OCH3 is 1. The minimum absolute atomic E-state index is 0.123. The molecule has 1 heterocycles. The summed E-state index contributed by atoms with van der Waals surface area (Å²) in [6, 6.07) is 13.4. The van der Waals surface area contributed by atoms with E-state index in [1.807, 2.05) is 22.5 Å². The van der Waals surface area contributed by atoms with Crippen LogP contribution in [0.15, 0.2) is 48.5 Å². The molecule has 1 fully saturated rings. The van der Waals surface area contributed by atoms with Gasteiger partial charge in [0.1, 0.15) is 5.75 Å². The van der Waals surface area contributed by atoms with E-state index in [9.17, 15) is 23.2 Å². The smallest absolute Gasteiger partial charge is 0.324 e. The Labute approximate surface area is 202 Å². The van der Waals surface area contributed by atoms with Gasteiger partial charge in [-0.05, 0) is 48.5 Å². The number of nitrogens with one attached hydrogen (secondary N) is 2. The first-order valence-electron chi connectivity index (χ1n) is 11.2. The zero-order valence-electron chi connectivity index (χ0n) is 19.7. The topological polar surface area (TPSA) is 94.2 Å². The average molecular weight is 490 g/mol. The second-order valence-electron chi connectivity index (χ2n) is 7.93. The number of carbonyl (C=O) groups is 3. The van der Waals surface area contributed by atoms with Crippen molar-refractivity contribution < 1.29 is 27.9 Å². The number of urea groups is 1. The van der Waals surface area contributed by atoms with E-state index in [1.54, 1.807) is 41.7 Å². The number of ether oxygens (including phenoxy) is 1. The van der Waals surface area contributed by atoms with Crippen LogP contribution in [0.2, 0.25) is 0 Å². The number of piperazine rings is 1. The number of halogens is 2. The van der Waals surface area contributed by atoms with E-state index in [-0.39, 0.29) is 18.1 Å². The molecule has 11 heteroatoms. The lowest BCUT2D eigenvalue weighted by molar-refractivity contribution is -0.132. The zero-order valence-corrected chi connectivity index (χ0v) is 19.7. The predicted octanol–water partition coefficient (Wildman–Crippen LogP) is 2.49. The van der Waals surface area contributed by atoms with Gasteiger partial charge in [0.15, 0.2) is 0 Å². The Balaban J connectivity index is 1.73. The highest BCUT2D eigenvalue weighted by atomic mass is 19.3. The van der Waals surface area contributed by atoms with E-state index in [0.717, 1.165) is 25.2 Å². The van der Waals surface area contributed by atoms with Gasteiger partial charge in [-0.15, -0.1) is 0 Å². The van der Waals surface area contributed by atoms with Gasteiger partial charge in [-0.2, -0.15) is 8.78 Å². The Morgan fingerprint density at radius 1 is 0.971 bits per heavy atom. The molecule has 3 rings (SSSR count). The molecular weight excluding hydrogens is 460 g/mol. The van der Waals surface area contributed by atoms with Gasteiger partial charge in [-0.1, -0.05) is 19.1 Å². The summed E-state index contributed by atoms with van der Waals surface area (Å²) in [5, 5.41) is 0. The lowest BCUT2D eigenvalue weighted by atomic mass is 10.1. The second-order valence-corrected chi connectivity index (χ2v) is 7.93. The summed E-state index contributed by atoms with van der Waals surface area (Å²) in [5.41, 5.74) is 5.22. The van der Waals surface area contributed by atoms with Crippen LogP contribution in [0.4, 0.5) is 19.3 Å². The first-order valence-corrected chi connectivity index (χ1v) is 11.2. The van der Waals surface area contributed by atoms with Gasteiger partial charge in [-0.25, -0.2) is 4.79 Å². The zero-order chi connectivity index (χ0) is 25.4. The molecule has 1 aliphatic heterocycles. The first-order chi connectivity index (χ1) is 16.8. The van der Waals surface area contributed by atoms with Crippen molar-refractivity contribution in [1.29, 1.82) is 0 Å². The number of benzene rings is 2. The molecule has 4 amide bonds. The Morgan fingerprint density at radius 3 is 2.14 bits per heavy atom. The van der Waals surface area contributed by atoms with Crippen molar-refractivity contribution in [1.82, 2.24) is 20.7 Å². The summed E-state index contributed by atoms with van der Waals surface area (Å²) in [7, 11) is 1.57. The molecule has 0 saturated carbocycles. The van der Waals surface area contributed by atoms with Crippen LogP contribution in [0.5, 0.6) is 5.75 Å². The number of hydrazine groups is 1. The number of nitrogens with zero attached hydrogens (tertiary/aromatic N) is 3. The lowest BCUT2D eigenvalue weighted by Crippen LogP contribution is -2.52. The third kappa shape index (κ3) is 6.89. The fraction of sp³-hybridized carbons (Fsp3) is 0.375. The van der Waals surface area contributed by atoms with Crippen LogP contribution >= 0.6 is 0 Å². The van der Waals surface area contributed by atoms with Crippen molar-refractivity contribution in [2.45, 2.75) is 19.9 Å². The Bertz CT molecular complexity index is 1010. The van der Waals surface area contributed by atoms with Crippen molar-refractivity contribution in [3.63, 3.8) is 0 Å². The number of amides is 4.